The zero-order valence-corrected chi connectivity index (χ0v) is 14.9. The number of halogens is 3. The fourth-order valence-corrected chi connectivity index (χ4v) is 1.48. The molecule has 0 aliphatic carbocycles. The van der Waals surface area contributed by atoms with Crippen molar-refractivity contribution in [2.75, 3.05) is 12.4 Å². The number of ether oxygens (including phenoxy) is 1. The van der Waals surface area contributed by atoms with Gasteiger partial charge in [0.2, 0.25) is 0 Å². The maximum absolute atomic E-state index is 12.0. The summed E-state index contributed by atoms with van der Waals surface area (Å²) in [4.78, 5) is 0. The molecule has 0 saturated carbocycles. The summed E-state index contributed by atoms with van der Waals surface area (Å²) in [5.74, 6) is -0.284. The third-order valence-electron chi connectivity index (χ3n) is 2.10. The Bertz CT molecular complexity index is 576. The Morgan fingerprint density at radius 3 is 2.32 bits per heavy atom. The molecule has 0 radical (unpaired) electrons. The van der Waals surface area contributed by atoms with Gasteiger partial charge in [-0.1, -0.05) is 11.6 Å². The number of anilines is 2. The standard InChI is InChI=1S/C11H8ClF2N3O2.CH4O.W/c12-9-5-8(10(18)17-16-9)15-6-1-3-7(4-2-6)19-11(13)14;1-2;/h1-5,11H,(H,15,16)(H,17,18);2H,1H3;. The zero-order valence-electron chi connectivity index (χ0n) is 11.2. The minimum absolute atomic E-state index is 0. The largest absolute Gasteiger partial charge is 0.491 e. The van der Waals surface area contributed by atoms with Crippen LogP contribution in [0, 0.1) is 0 Å². The number of hydrogen-bond acceptors (Lipinski definition) is 6. The van der Waals surface area contributed by atoms with Crippen molar-refractivity contribution < 1.29 is 44.8 Å². The molecule has 0 amide bonds. The van der Waals surface area contributed by atoms with E-state index < -0.39 is 6.61 Å². The van der Waals surface area contributed by atoms with Crippen LogP contribution in [0.2, 0.25) is 5.15 Å². The summed E-state index contributed by atoms with van der Waals surface area (Å²) in [6.45, 7) is -2.87. The molecule has 120 valence electrons. The van der Waals surface area contributed by atoms with Gasteiger partial charge in [-0.15, -0.1) is 10.2 Å². The first kappa shape index (κ1) is 20.5. The normalized spacial score (nSPS) is 9.36. The summed E-state index contributed by atoms with van der Waals surface area (Å²) >= 11 is 5.64. The van der Waals surface area contributed by atoms with Crippen LogP contribution in [0.1, 0.15) is 0 Å². The molecule has 2 rings (SSSR count). The molecule has 1 heterocycles. The Balaban J connectivity index is 0.00000141. The van der Waals surface area contributed by atoms with E-state index in [1.54, 1.807) is 0 Å². The van der Waals surface area contributed by atoms with Crippen LogP contribution in [0.5, 0.6) is 11.6 Å². The Morgan fingerprint density at radius 1 is 1.18 bits per heavy atom. The van der Waals surface area contributed by atoms with Crippen LogP contribution < -0.4 is 10.1 Å². The van der Waals surface area contributed by atoms with E-state index >= 15 is 0 Å². The number of alkyl halides is 2. The number of nitrogens with one attached hydrogen (secondary N) is 1. The Labute approximate surface area is 144 Å². The quantitative estimate of drug-likeness (QED) is 0.595. The van der Waals surface area contributed by atoms with E-state index in [0.29, 0.717) is 5.69 Å². The van der Waals surface area contributed by atoms with Crippen molar-refractivity contribution in [3.63, 3.8) is 0 Å². The van der Waals surface area contributed by atoms with Crippen molar-refractivity contribution in [1.29, 1.82) is 0 Å². The van der Waals surface area contributed by atoms with Gasteiger partial charge in [0.15, 0.2) is 5.15 Å². The topological polar surface area (TPSA) is 87.5 Å². The number of benzene rings is 1. The van der Waals surface area contributed by atoms with Crippen LogP contribution in [0.25, 0.3) is 0 Å². The Kier molecular flexibility index (Phi) is 9.56. The van der Waals surface area contributed by atoms with Crippen LogP contribution in [-0.2, 0) is 21.1 Å². The fraction of sp³-hybridized carbons (Fsp3) is 0.167. The van der Waals surface area contributed by atoms with E-state index in [-0.39, 0.29) is 43.5 Å². The van der Waals surface area contributed by atoms with Gasteiger partial charge in [0, 0.05) is 39.9 Å². The van der Waals surface area contributed by atoms with Crippen molar-refractivity contribution in [2.45, 2.75) is 6.61 Å². The van der Waals surface area contributed by atoms with Gasteiger partial charge in [0.05, 0.1) is 0 Å². The van der Waals surface area contributed by atoms with Crippen LogP contribution in [0.3, 0.4) is 0 Å². The molecule has 6 nitrogen and oxygen atoms in total. The van der Waals surface area contributed by atoms with Gasteiger partial charge in [-0.3, -0.25) is 0 Å². The molecular weight excluding hydrogens is 491 g/mol. The first-order chi connectivity index (χ1) is 10.0. The van der Waals surface area contributed by atoms with E-state index in [1.165, 1.54) is 30.3 Å². The van der Waals surface area contributed by atoms with E-state index in [0.717, 1.165) is 7.11 Å². The Hall–Kier alpha value is -1.50. The molecule has 0 bridgehead atoms. The maximum atomic E-state index is 12.0. The molecule has 0 aliphatic rings. The maximum Gasteiger partial charge on any atom is 0.387 e. The van der Waals surface area contributed by atoms with Gasteiger partial charge >= 0.3 is 6.61 Å². The summed E-state index contributed by atoms with van der Waals surface area (Å²) in [5, 5.41) is 26.2. The number of nitrogens with zero attached hydrogens (tertiary/aromatic N) is 2. The molecule has 0 atom stereocenters. The van der Waals surface area contributed by atoms with Gasteiger partial charge in [0.1, 0.15) is 11.4 Å². The molecule has 3 N–H and O–H groups in total. The molecule has 0 saturated heterocycles. The summed E-state index contributed by atoms with van der Waals surface area (Å²) in [5.41, 5.74) is 0.795. The monoisotopic (exact) mass is 503 g/mol. The van der Waals surface area contributed by atoms with E-state index in [2.05, 4.69) is 20.3 Å². The van der Waals surface area contributed by atoms with Gasteiger partial charge < -0.3 is 20.3 Å². The van der Waals surface area contributed by atoms with Gasteiger partial charge in [-0.05, 0) is 24.3 Å². The second-order valence-electron chi connectivity index (χ2n) is 3.43. The number of aliphatic hydroxyl groups is 1. The van der Waals surface area contributed by atoms with Crippen LogP contribution in [0.15, 0.2) is 30.3 Å². The van der Waals surface area contributed by atoms with Gasteiger partial charge in [-0.25, -0.2) is 0 Å². The third-order valence-corrected chi connectivity index (χ3v) is 2.29. The second-order valence-corrected chi connectivity index (χ2v) is 3.82. The molecule has 1 aromatic carbocycles. The SMILES string of the molecule is CO.Oc1nnc(Cl)cc1Nc1ccc(OC(F)F)cc1.[W]. The number of rotatable bonds is 4. The Morgan fingerprint density at radius 2 is 1.77 bits per heavy atom. The van der Waals surface area contributed by atoms with Crippen molar-refractivity contribution in [1.82, 2.24) is 10.2 Å². The van der Waals surface area contributed by atoms with Crippen molar-refractivity contribution in [3.05, 3.63) is 35.5 Å². The molecule has 1 aromatic heterocycles. The summed E-state index contributed by atoms with van der Waals surface area (Å²) in [7, 11) is 1.00. The molecule has 0 unspecified atom stereocenters. The van der Waals surface area contributed by atoms with Crippen molar-refractivity contribution >= 4 is 23.0 Å². The van der Waals surface area contributed by atoms with Crippen molar-refractivity contribution in [2.24, 2.45) is 0 Å². The third kappa shape index (κ3) is 6.51. The minimum atomic E-state index is -2.87. The van der Waals surface area contributed by atoms with E-state index in [4.69, 9.17) is 16.7 Å². The second kappa shape index (κ2) is 10.3. The molecule has 2 aromatic rings. The fourth-order valence-electron chi connectivity index (χ4n) is 1.33. The predicted molar refractivity (Wildman–Crippen MR) is 73.2 cm³/mol. The molecule has 0 fully saturated rings. The number of aliphatic hydroxyl groups excluding tert-OH is 1. The minimum Gasteiger partial charge on any atom is -0.491 e. The molecule has 0 spiro atoms. The average Bonchev–Trinajstić information content (AvgIpc) is 2.46. The number of aromatic nitrogens is 2. The predicted octanol–water partition coefficient (Wildman–Crippen LogP) is 2.79. The smallest absolute Gasteiger partial charge is 0.387 e. The van der Waals surface area contributed by atoms with E-state index in [1.807, 2.05) is 0 Å². The number of hydrogen-bond donors (Lipinski definition) is 3. The summed E-state index contributed by atoms with van der Waals surface area (Å²) in [6.07, 6.45) is 0. The van der Waals surface area contributed by atoms with E-state index in [9.17, 15) is 13.9 Å². The summed E-state index contributed by atoms with van der Waals surface area (Å²) in [6, 6.07) is 7.12. The molecule has 10 heteroatoms. The van der Waals surface area contributed by atoms with Crippen LogP contribution >= 0.6 is 11.6 Å². The van der Waals surface area contributed by atoms with Crippen molar-refractivity contribution in [3.8, 4) is 11.6 Å². The van der Waals surface area contributed by atoms with Crippen LogP contribution in [0.4, 0.5) is 20.2 Å². The zero-order chi connectivity index (χ0) is 15.8. The molecule has 0 aliphatic heterocycles. The first-order valence-electron chi connectivity index (χ1n) is 5.53. The van der Waals surface area contributed by atoms with Crippen LogP contribution in [-0.4, -0.2) is 34.1 Å². The molecular formula is C12H12ClF2N3O3W. The molecule has 22 heavy (non-hydrogen) atoms. The number of aromatic hydroxyl groups is 1. The van der Waals surface area contributed by atoms with Gasteiger partial charge in [0.25, 0.3) is 5.88 Å². The first-order valence-corrected chi connectivity index (χ1v) is 5.91. The van der Waals surface area contributed by atoms with Gasteiger partial charge in [-0.2, -0.15) is 8.78 Å². The summed E-state index contributed by atoms with van der Waals surface area (Å²) < 4.78 is 28.1. The average molecular weight is 504 g/mol.